The molecule has 0 spiro atoms. The Bertz CT molecular complexity index is 685. The van der Waals surface area contributed by atoms with Crippen LogP contribution in [0.2, 0.25) is 0 Å². The number of nitrogens with one attached hydrogen (secondary N) is 1. The molecule has 4 nitrogen and oxygen atoms in total. The fourth-order valence-electron chi connectivity index (χ4n) is 3.67. The minimum absolute atomic E-state index is 0.179. The summed E-state index contributed by atoms with van der Waals surface area (Å²) < 4.78 is 6.75. The SMILES string of the molecule is C/C(=C\c1ccc(I)cc1)[C@@H]1C[C@H]1NC1CCN(C(=O)OC(C)(C)C)CC1. The van der Waals surface area contributed by atoms with E-state index in [2.05, 4.69) is 65.2 Å². The molecule has 1 aromatic rings. The number of benzene rings is 1. The summed E-state index contributed by atoms with van der Waals surface area (Å²) in [6.07, 6.45) is 5.36. The van der Waals surface area contributed by atoms with Crippen molar-refractivity contribution in [3.05, 3.63) is 39.0 Å². The first-order valence-electron chi connectivity index (χ1n) is 9.89. The zero-order valence-electron chi connectivity index (χ0n) is 16.8. The van der Waals surface area contributed by atoms with Gasteiger partial charge in [-0.1, -0.05) is 23.8 Å². The molecular weight excluding hydrogens is 451 g/mol. The van der Waals surface area contributed by atoms with Crippen molar-refractivity contribution >= 4 is 34.8 Å². The van der Waals surface area contributed by atoms with Crippen molar-refractivity contribution < 1.29 is 9.53 Å². The number of hydrogen-bond acceptors (Lipinski definition) is 3. The van der Waals surface area contributed by atoms with Crippen LogP contribution in [0, 0.1) is 9.49 Å². The quantitative estimate of drug-likeness (QED) is 0.610. The molecule has 1 saturated carbocycles. The molecule has 0 bridgehead atoms. The molecular formula is C22H31IN2O2. The van der Waals surface area contributed by atoms with E-state index in [1.807, 2.05) is 25.7 Å². The number of likely N-dealkylation sites (tertiary alicyclic amines) is 1. The summed E-state index contributed by atoms with van der Waals surface area (Å²) >= 11 is 2.34. The average Bonchev–Trinajstić information content (AvgIpc) is 3.35. The Morgan fingerprint density at radius 3 is 2.44 bits per heavy atom. The van der Waals surface area contributed by atoms with E-state index in [0.29, 0.717) is 18.0 Å². The lowest BCUT2D eigenvalue weighted by atomic mass is 10.0. The number of nitrogens with zero attached hydrogens (tertiary/aromatic N) is 1. The predicted octanol–water partition coefficient (Wildman–Crippen LogP) is 5.07. The van der Waals surface area contributed by atoms with Crippen LogP contribution in [0.15, 0.2) is 29.8 Å². The number of hydrogen-bond donors (Lipinski definition) is 1. The van der Waals surface area contributed by atoms with Gasteiger partial charge < -0.3 is 15.0 Å². The molecule has 0 radical (unpaired) electrons. The van der Waals surface area contributed by atoms with Crippen molar-refractivity contribution in [3.63, 3.8) is 0 Å². The van der Waals surface area contributed by atoms with Crippen LogP contribution in [0.3, 0.4) is 0 Å². The van der Waals surface area contributed by atoms with Crippen LogP contribution in [0.4, 0.5) is 4.79 Å². The van der Waals surface area contributed by atoms with Crippen LogP contribution in [0.25, 0.3) is 6.08 Å². The summed E-state index contributed by atoms with van der Waals surface area (Å²) in [5, 5.41) is 3.81. The van der Waals surface area contributed by atoms with Crippen LogP contribution in [0.1, 0.15) is 52.5 Å². The number of amides is 1. The lowest BCUT2D eigenvalue weighted by Gasteiger charge is -2.34. The van der Waals surface area contributed by atoms with Gasteiger partial charge in [-0.3, -0.25) is 0 Å². The number of halogens is 1. The molecule has 148 valence electrons. The Kier molecular flexibility index (Phi) is 6.51. The highest BCUT2D eigenvalue weighted by atomic mass is 127. The lowest BCUT2D eigenvalue weighted by Crippen LogP contribution is -2.47. The monoisotopic (exact) mass is 482 g/mol. The largest absolute Gasteiger partial charge is 0.444 e. The molecule has 1 saturated heterocycles. The average molecular weight is 482 g/mol. The molecule has 5 heteroatoms. The number of rotatable bonds is 4. The molecule has 3 rings (SSSR count). The summed E-state index contributed by atoms with van der Waals surface area (Å²) in [5.74, 6) is 0.646. The summed E-state index contributed by atoms with van der Waals surface area (Å²) in [5.41, 5.74) is 2.32. The van der Waals surface area contributed by atoms with Gasteiger partial charge in [0.25, 0.3) is 0 Å². The second kappa shape index (κ2) is 8.52. The predicted molar refractivity (Wildman–Crippen MR) is 119 cm³/mol. The first kappa shape index (κ1) is 20.6. The molecule has 1 amide bonds. The second-order valence-electron chi connectivity index (χ2n) is 8.80. The highest BCUT2D eigenvalue weighted by molar-refractivity contribution is 14.1. The highest BCUT2D eigenvalue weighted by Gasteiger charge is 2.40. The van der Waals surface area contributed by atoms with Crippen molar-refractivity contribution in [2.45, 2.75) is 64.6 Å². The fraction of sp³-hybridized carbons (Fsp3) is 0.591. The molecule has 2 atom stereocenters. The third kappa shape index (κ3) is 6.21. The summed E-state index contributed by atoms with van der Waals surface area (Å²) in [6.45, 7) is 9.55. The molecule has 0 unspecified atom stereocenters. The van der Waals surface area contributed by atoms with Crippen LogP contribution < -0.4 is 5.32 Å². The standard InChI is InChI=1S/C22H31IN2O2/c1-15(13-16-5-7-17(23)8-6-16)19-14-20(19)24-18-9-11-25(12-10-18)21(26)27-22(2,3)4/h5-8,13,18-20,24H,9-12,14H2,1-4H3/b15-13+/t19-,20+/m0/s1. The van der Waals surface area contributed by atoms with Gasteiger partial charge in [0.1, 0.15) is 5.60 Å². The van der Waals surface area contributed by atoms with E-state index in [-0.39, 0.29) is 6.09 Å². The van der Waals surface area contributed by atoms with E-state index in [9.17, 15) is 4.79 Å². The first-order valence-corrected chi connectivity index (χ1v) is 11.0. The van der Waals surface area contributed by atoms with E-state index in [0.717, 1.165) is 25.9 Å². The zero-order chi connectivity index (χ0) is 19.6. The fourth-order valence-corrected chi connectivity index (χ4v) is 4.03. The van der Waals surface area contributed by atoms with Gasteiger partial charge in [-0.05, 0) is 93.2 Å². The van der Waals surface area contributed by atoms with Crippen LogP contribution >= 0.6 is 22.6 Å². The third-order valence-electron chi connectivity index (χ3n) is 5.24. The van der Waals surface area contributed by atoms with Crippen molar-refractivity contribution in [2.24, 2.45) is 5.92 Å². The van der Waals surface area contributed by atoms with Crippen molar-refractivity contribution in [1.82, 2.24) is 10.2 Å². The van der Waals surface area contributed by atoms with Gasteiger partial charge in [0.2, 0.25) is 0 Å². The molecule has 2 fully saturated rings. The Hall–Kier alpha value is -1.08. The number of piperidine rings is 1. The van der Waals surface area contributed by atoms with Crippen molar-refractivity contribution in [2.75, 3.05) is 13.1 Å². The zero-order valence-corrected chi connectivity index (χ0v) is 19.0. The Morgan fingerprint density at radius 2 is 1.85 bits per heavy atom. The first-order chi connectivity index (χ1) is 12.7. The summed E-state index contributed by atoms with van der Waals surface area (Å²) in [6, 6.07) is 9.76. The molecule has 0 aromatic heterocycles. The topological polar surface area (TPSA) is 41.6 Å². The van der Waals surface area contributed by atoms with Gasteiger partial charge in [-0.25, -0.2) is 4.79 Å². The molecule has 1 N–H and O–H groups in total. The van der Waals surface area contributed by atoms with Crippen LogP contribution in [0.5, 0.6) is 0 Å². The van der Waals surface area contributed by atoms with Crippen molar-refractivity contribution in [1.29, 1.82) is 0 Å². The number of carbonyl (C=O) groups is 1. The third-order valence-corrected chi connectivity index (χ3v) is 5.96. The van der Waals surface area contributed by atoms with Gasteiger partial charge in [0.05, 0.1) is 0 Å². The van der Waals surface area contributed by atoms with E-state index in [4.69, 9.17) is 4.74 Å². The van der Waals surface area contributed by atoms with E-state index in [1.54, 1.807) is 0 Å². The number of ether oxygens (including phenoxy) is 1. The van der Waals surface area contributed by atoms with Crippen LogP contribution in [-0.4, -0.2) is 41.8 Å². The molecule has 1 heterocycles. The normalized spacial score (nSPS) is 24.0. The van der Waals surface area contributed by atoms with E-state index < -0.39 is 5.60 Å². The molecule has 1 aliphatic heterocycles. The molecule has 1 aliphatic carbocycles. The minimum atomic E-state index is -0.422. The van der Waals surface area contributed by atoms with E-state index >= 15 is 0 Å². The maximum atomic E-state index is 12.2. The minimum Gasteiger partial charge on any atom is -0.444 e. The number of carbonyl (C=O) groups excluding carboxylic acids is 1. The molecule has 2 aliphatic rings. The summed E-state index contributed by atoms with van der Waals surface area (Å²) in [4.78, 5) is 14.0. The Balaban J connectivity index is 1.43. The Labute approximate surface area is 176 Å². The van der Waals surface area contributed by atoms with Gasteiger partial charge in [0, 0.05) is 28.7 Å². The molecule has 1 aromatic carbocycles. The Morgan fingerprint density at radius 1 is 1.22 bits per heavy atom. The van der Waals surface area contributed by atoms with Gasteiger partial charge in [-0.15, -0.1) is 0 Å². The van der Waals surface area contributed by atoms with Crippen LogP contribution in [-0.2, 0) is 4.74 Å². The van der Waals surface area contributed by atoms with Gasteiger partial charge in [-0.2, -0.15) is 0 Å². The lowest BCUT2D eigenvalue weighted by molar-refractivity contribution is 0.0198. The van der Waals surface area contributed by atoms with Crippen molar-refractivity contribution in [3.8, 4) is 0 Å². The van der Waals surface area contributed by atoms with Gasteiger partial charge >= 0.3 is 6.09 Å². The molecule has 27 heavy (non-hydrogen) atoms. The second-order valence-corrected chi connectivity index (χ2v) is 10.0. The maximum Gasteiger partial charge on any atom is 0.410 e. The summed E-state index contributed by atoms with van der Waals surface area (Å²) in [7, 11) is 0. The maximum absolute atomic E-state index is 12.2. The highest BCUT2D eigenvalue weighted by Crippen LogP contribution is 2.38. The van der Waals surface area contributed by atoms with E-state index in [1.165, 1.54) is 21.1 Å². The smallest absolute Gasteiger partial charge is 0.410 e. The van der Waals surface area contributed by atoms with Gasteiger partial charge in [0.15, 0.2) is 0 Å².